The smallest absolute Gasteiger partial charge is 0.289 e. The molecule has 3 heterocycles. The molecule has 0 atom stereocenters. The summed E-state index contributed by atoms with van der Waals surface area (Å²) in [5, 5.41) is 2.93. The number of amides is 3. The molecule has 0 unspecified atom stereocenters. The van der Waals surface area contributed by atoms with Crippen LogP contribution in [0, 0.1) is 13.8 Å². The van der Waals surface area contributed by atoms with E-state index >= 15 is 0 Å². The van der Waals surface area contributed by atoms with Gasteiger partial charge in [0.05, 0.1) is 6.26 Å². The van der Waals surface area contributed by atoms with Crippen LogP contribution in [0.2, 0.25) is 0 Å². The van der Waals surface area contributed by atoms with E-state index in [9.17, 15) is 14.4 Å². The molecule has 4 rings (SSSR count). The summed E-state index contributed by atoms with van der Waals surface area (Å²) >= 11 is 0. The van der Waals surface area contributed by atoms with Crippen LogP contribution in [-0.2, 0) is 11.3 Å². The number of rotatable bonds is 5. The van der Waals surface area contributed by atoms with Crippen LogP contribution in [0.3, 0.4) is 0 Å². The summed E-state index contributed by atoms with van der Waals surface area (Å²) in [4.78, 5) is 41.5. The van der Waals surface area contributed by atoms with Gasteiger partial charge in [0, 0.05) is 38.1 Å². The van der Waals surface area contributed by atoms with Crippen molar-refractivity contribution >= 4 is 23.4 Å². The van der Waals surface area contributed by atoms with Gasteiger partial charge in [0.2, 0.25) is 5.91 Å². The van der Waals surface area contributed by atoms with E-state index in [1.807, 2.05) is 32.0 Å². The van der Waals surface area contributed by atoms with Gasteiger partial charge in [-0.2, -0.15) is 0 Å². The van der Waals surface area contributed by atoms with Gasteiger partial charge < -0.3 is 24.1 Å². The van der Waals surface area contributed by atoms with Crippen molar-refractivity contribution < 1.29 is 18.8 Å². The average Bonchev–Trinajstić information content (AvgIpc) is 3.48. The third-order valence-electron chi connectivity index (χ3n) is 5.83. The number of nitrogens with zero attached hydrogens (tertiary/aromatic N) is 3. The van der Waals surface area contributed by atoms with E-state index in [4.69, 9.17) is 4.42 Å². The first-order chi connectivity index (χ1) is 15.4. The fourth-order valence-corrected chi connectivity index (χ4v) is 3.81. The summed E-state index contributed by atoms with van der Waals surface area (Å²) in [6.07, 6.45) is 3.20. The van der Waals surface area contributed by atoms with Crippen LogP contribution in [0.1, 0.15) is 32.2 Å². The molecule has 0 bridgehead atoms. The first-order valence-electron chi connectivity index (χ1n) is 10.6. The lowest BCUT2D eigenvalue weighted by Crippen LogP contribution is -2.50. The second kappa shape index (κ2) is 9.13. The average molecular weight is 434 g/mol. The summed E-state index contributed by atoms with van der Waals surface area (Å²) < 4.78 is 6.83. The molecule has 3 aromatic rings. The second-order valence-electron chi connectivity index (χ2n) is 7.88. The zero-order chi connectivity index (χ0) is 22.7. The highest BCUT2D eigenvalue weighted by Crippen LogP contribution is 2.18. The molecule has 8 nitrogen and oxygen atoms in total. The maximum absolute atomic E-state index is 13.1. The van der Waals surface area contributed by atoms with Gasteiger partial charge in [-0.1, -0.05) is 12.1 Å². The van der Waals surface area contributed by atoms with E-state index in [1.54, 1.807) is 44.8 Å². The van der Waals surface area contributed by atoms with Crippen molar-refractivity contribution in [3.63, 3.8) is 0 Å². The highest BCUT2D eigenvalue weighted by molar-refractivity contribution is 5.96. The van der Waals surface area contributed by atoms with Crippen molar-refractivity contribution in [1.82, 2.24) is 14.4 Å². The van der Waals surface area contributed by atoms with Crippen molar-refractivity contribution in [1.29, 1.82) is 0 Å². The topological polar surface area (TPSA) is 87.8 Å². The fraction of sp³-hybridized carbons (Fsp3) is 0.292. The van der Waals surface area contributed by atoms with Gasteiger partial charge in [0.15, 0.2) is 5.76 Å². The summed E-state index contributed by atoms with van der Waals surface area (Å²) in [6.45, 7) is 5.70. The molecule has 0 saturated carbocycles. The summed E-state index contributed by atoms with van der Waals surface area (Å²) in [7, 11) is 0. The maximum Gasteiger partial charge on any atom is 0.289 e. The van der Waals surface area contributed by atoms with E-state index < -0.39 is 0 Å². The van der Waals surface area contributed by atoms with Crippen LogP contribution >= 0.6 is 0 Å². The van der Waals surface area contributed by atoms with Gasteiger partial charge in [0.1, 0.15) is 12.2 Å². The van der Waals surface area contributed by atoms with Crippen molar-refractivity contribution in [2.75, 3.05) is 31.5 Å². The SMILES string of the molecule is Cc1cccc(NC(=O)Cn2cccc2C(=O)N2CCN(C(=O)c3ccco3)CC2)c1C. The predicted molar refractivity (Wildman–Crippen MR) is 119 cm³/mol. The van der Waals surface area contributed by atoms with Crippen LogP contribution in [0.15, 0.2) is 59.3 Å². The number of benzene rings is 1. The van der Waals surface area contributed by atoms with Crippen LogP contribution < -0.4 is 5.32 Å². The van der Waals surface area contributed by atoms with E-state index in [0.717, 1.165) is 16.8 Å². The third kappa shape index (κ3) is 4.44. The molecular weight excluding hydrogens is 408 g/mol. The molecule has 2 aromatic heterocycles. The molecule has 1 aliphatic rings. The molecule has 1 fully saturated rings. The zero-order valence-corrected chi connectivity index (χ0v) is 18.2. The Hall–Kier alpha value is -3.81. The second-order valence-corrected chi connectivity index (χ2v) is 7.88. The Balaban J connectivity index is 1.37. The number of aromatic nitrogens is 1. The first kappa shape index (κ1) is 21.4. The molecule has 0 spiro atoms. The molecule has 1 aromatic carbocycles. The summed E-state index contributed by atoms with van der Waals surface area (Å²) in [5.74, 6) is -0.223. The quantitative estimate of drug-likeness (QED) is 0.669. The molecule has 32 heavy (non-hydrogen) atoms. The number of nitrogens with one attached hydrogen (secondary N) is 1. The molecule has 3 amide bonds. The Labute approximate surface area is 186 Å². The predicted octanol–water partition coefficient (Wildman–Crippen LogP) is 2.93. The van der Waals surface area contributed by atoms with E-state index in [2.05, 4.69) is 5.32 Å². The van der Waals surface area contributed by atoms with Crippen molar-refractivity contribution in [2.24, 2.45) is 0 Å². The van der Waals surface area contributed by atoms with Gasteiger partial charge in [-0.05, 0) is 55.3 Å². The highest BCUT2D eigenvalue weighted by atomic mass is 16.3. The third-order valence-corrected chi connectivity index (χ3v) is 5.83. The van der Waals surface area contributed by atoms with Crippen molar-refractivity contribution in [3.8, 4) is 0 Å². The standard InChI is InChI=1S/C24H26N4O4/c1-17-6-3-7-19(18(17)2)25-22(29)16-28-10-4-8-20(28)23(30)26-11-13-27(14-12-26)24(31)21-9-5-15-32-21/h3-10,15H,11-14,16H2,1-2H3,(H,25,29). The van der Waals surface area contributed by atoms with E-state index in [1.165, 1.54) is 6.26 Å². The summed E-state index contributed by atoms with van der Waals surface area (Å²) in [5.41, 5.74) is 3.34. The Morgan fingerprint density at radius 2 is 1.62 bits per heavy atom. The Bertz CT molecular complexity index is 1120. The molecule has 1 N–H and O–H groups in total. The Kier molecular flexibility index (Phi) is 6.11. The Morgan fingerprint density at radius 3 is 2.31 bits per heavy atom. The molecule has 0 radical (unpaired) electrons. The molecule has 1 aliphatic heterocycles. The number of carbonyl (C=O) groups excluding carboxylic acids is 3. The molecule has 0 aliphatic carbocycles. The van der Waals surface area contributed by atoms with Gasteiger partial charge in [0.25, 0.3) is 11.8 Å². The van der Waals surface area contributed by atoms with E-state index in [0.29, 0.717) is 37.6 Å². The number of hydrogen-bond donors (Lipinski definition) is 1. The Morgan fingerprint density at radius 1 is 0.906 bits per heavy atom. The van der Waals surface area contributed by atoms with Gasteiger partial charge in [-0.3, -0.25) is 14.4 Å². The zero-order valence-electron chi connectivity index (χ0n) is 18.2. The number of carbonyl (C=O) groups is 3. The molecule has 8 heteroatoms. The lowest BCUT2D eigenvalue weighted by molar-refractivity contribution is -0.116. The van der Waals surface area contributed by atoms with E-state index in [-0.39, 0.29) is 24.3 Å². The van der Waals surface area contributed by atoms with Crippen LogP contribution in [0.5, 0.6) is 0 Å². The van der Waals surface area contributed by atoms with Gasteiger partial charge in [-0.25, -0.2) is 0 Å². The number of piperazine rings is 1. The molecule has 1 saturated heterocycles. The maximum atomic E-state index is 13.1. The molecule has 166 valence electrons. The highest BCUT2D eigenvalue weighted by Gasteiger charge is 2.28. The van der Waals surface area contributed by atoms with Crippen molar-refractivity contribution in [2.45, 2.75) is 20.4 Å². The van der Waals surface area contributed by atoms with Gasteiger partial charge >= 0.3 is 0 Å². The minimum Gasteiger partial charge on any atom is -0.459 e. The minimum atomic E-state index is -0.196. The van der Waals surface area contributed by atoms with Crippen LogP contribution in [0.4, 0.5) is 5.69 Å². The normalized spacial score (nSPS) is 13.8. The lowest BCUT2D eigenvalue weighted by Gasteiger charge is -2.34. The number of hydrogen-bond acceptors (Lipinski definition) is 4. The lowest BCUT2D eigenvalue weighted by atomic mass is 10.1. The molecular formula is C24H26N4O4. The van der Waals surface area contributed by atoms with Gasteiger partial charge in [-0.15, -0.1) is 0 Å². The number of furan rings is 1. The fourth-order valence-electron chi connectivity index (χ4n) is 3.81. The first-order valence-corrected chi connectivity index (χ1v) is 10.6. The minimum absolute atomic E-state index is 0.0401. The number of aryl methyl sites for hydroxylation is 1. The number of anilines is 1. The van der Waals surface area contributed by atoms with Crippen LogP contribution in [0.25, 0.3) is 0 Å². The monoisotopic (exact) mass is 434 g/mol. The van der Waals surface area contributed by atoms with Crippen LogP contribution in [-0.4, -0.2) is 58.3 Å². The summed E-state index contributed by atoms with van der Waals surface area (Å²) in [6, 6.07) is 12.6. The van der Waals surface area contributed by atoms with Crippen molar-refractivity contribution in [3.05, 3.63) is 77.5 Å². The largest absolute Gasteiger partial charge is 0.459 e.